The minimum absolute atomic E-state index is 0.178. The van der Waals surface area contributed by atoms with E-state index in [9.17, 15) is 5.11 Å². The van der Waals surface area contributed by atoms with Gasteiger partial charge in [-0.25, -0.2) is 0 Å². The first-order valence-corrected chi connectivity index (χ1v) is 4.63. The van der Waals surface area contributed by atoms with Crippen LogP contribution < -0.4 is 0 Å². The average molecular weight is 170 g/mol. The van der Waals surface area contributed by atoms with E-state index in [2.05, 4.69) is 13.0 Å². The van der Waals surface area contributed by atoms with Gasteiger partial charge in [0.2, 0.25) is 0 Å². The van der Waals surface area contributed by atoms with E-state index in [1.807, 2.05) is 0 Å². The Labute approximate surface area is 73.9 Å². The fourth-order valence-electron chi connectivity index (χ4n) is 1.70. The van der Waals surface area contributed by atoms with Gasteiger partial charge in [0.1, 0.15) is 0 Å². The van der Waals surface area contributed by atoms with Gasteiger partial charge in [0.15, 0.2) is 0 Å². The molecule has 0 aromatic heterocycles. The summed E-state index contributed by atoms with van der Waals surface area (Å²) < 4.78 is 0. The molecule has 3 atom stereocenters. The molecule has 0 unspecified atom stereocenters. The second kappa shape index (κ2) is 4.06. The van der Waals surface area contributed by atoms with E-state index in [0.29, 0.717) is 5.92 Å². The Kier molecular flexibility index (Phi) is 3.29. The smallest absolute Gasteiger partial charge is 0.0603 e. The second-order valence-electron chi connectivity index (χ2n) is 3.90. The van der Waals surface area contributed by atoms with E-state index in [4.69, 9.17) is 5.11 Å². The summed E-state index contributed by atoms with van der Waals surface area (Å²) in [6.45, 7) is 3.86. The number of hydrogen-bond acceptors (Lipinski definition) is 2. The highest BCUT2D eigenvalue weighted by Crippen LogP contribution is 2.26. The molecule has 0 aliphatic heterocycles. The van der Waals surface area contributed by atoms with E-state index >= 15 is 0 Å². The van der Waals surface area contributed by atoms with Crippen LogP contribution in [0.5, 0.6) is 0 Å². The fourth-order valence-corrected chi connectivity index (χ4v) is 1.70. The van der Waals surface area contributed by atoms with Gasteiger partial charge in [-0.2, -0.15) is 0 Å². The maximum Gasteiger partial charge on any atom is 0.0603 e. The molecule has 0 saturated heterocycles. The zero-order valence-electron chi connectivity index (χ0n) is 7.83. The number of hydrogen-bond donors (Lipinski definition) is 2. The van der Waals surface area contributed by atoms with Crippen molar-refractivity contribution in [2.75, 3.05) is 0 Å². The van der Waals surface area contributed by atoms with Crippen molar-refractivity contribution in [3.05, 3.63) is 11.6 Å². The Morgan fingerprint density at radius 3 is 2.83 bits per heavy atom. The van der Waals surface area contributed by atoms with Gasteiger partial charge >= 0.3 is 0 Å². The molecule has 1 rings (SSSR count). The molecule has 0 saturated carbocycles. The molecule has 0 amide bonds. The molecular weight excluding hydrogens is 152 g/mol. The quantitative estimate of drug-likeness (QED) is 0.616. The van der Waals surface area contributed by atoms with Crippen molar-refractivity contribution in [1.29, 1.82) is 0 Å². The third-order valence-corrected chi connectivity index (χ3v) is 2.45. The van der Waals surface area contributed by atoms with Crippen LogP contribution >= 0.6 is 0 Å². The van der Waals surface area contributed by atoms with E-state index in [-0.39, 0.29) is 12.2 Å². The normalized spacial score (nSPS) is 32.8. The van der Waals surface area contributed by atoms with Crippen molar-refractivity contribution in [2.45, 2.75) is 45.3 Å². The van der Waals surface area contributed by atoms with E-state index in [1.165, 1.54) is 5.57 Å². The summed E-state index contributed by atoms with van der Waals surface area (Å²) in [4.78, 5) is 0. The lowest BCUT2D eigenvalue weighted by Gasteiger charge is -2.25. The minimum Gasteiger partial charge on any atom is -0.393 e. The number of rotatable bonds is 2. The minimum atomic E-state index is -0.251. The highest BCUT2D eigenvalue weighted by molar-refractivity contribution is 5.09. The summed E-state index contributed by atoms with van der Waals surface area (Å²) >= 11 is 0. The maximum absolute atomic E-state index is 9.42. The van der Waals surface area contributed by atoms with Crippen LogP contribution in [0.1, 0.15) is 33.1 Å². The monoisotopic (exact) mass is 170 g/mol. The Morgan fingerprint density at radius 2 is 2.33 bits per heavy atom. The molecular formula is C10H18O2. The molecule has 0 spiro atoms. The molecule has 2 N–H and O–H groups in total. The van der Waals surface area contributed by atoms with Gasteiger partial charge in [0.25, 0.3) is 0 Å². The average Bonchev–Trinajstić information content (AvgIpc) is 1.96. The van der Waals surface area contributed by atoms with Crippen LogP contribution in [0.25, 0.3) is 0 Å². The summed E-state index contributed by atoms with van der Waals surface area (Å²) in [7, 11) is 0. The Morgan fingerprint density at radius 1 is 1.67 bits per heavy atom. The van der Waals surface area contributed by atoms with E-state index in [1.54, 1.807) is 6.92 Å². The molecule has 70 valence electrons. The summed E-state index contributed by atoms with van der Waals surface area (Å²) in [5.41, 5.74) is 1.29. The summed E-state index contributed by atoms with van der Waals surface area (Å²) in [6, 6.07) is 0. The Bertz CT molecular complexity index is 173. The highest BCUT2D eigenvalue weighted by atomic mass is 16.3. The van der Waals surface area contributed by atoms with Crippen molar-refractivity contribution in [1.82, 2.24) is 0 Å². The van der Waals surface area contributed by atoms with Gasteiger partial charge in [-0.1, -0.05) is 18.6 Å². The predicted molar refractivity (Wildman–Crippen MR) is 48.8 cm³/mol. The van der Waals surface area contributed by atoms with Crippen LogP contribution in [-0.2, 0) is 0 Å². The first-order valence-electron chi connectivity index (χ1n) is 4.63. The Hall–Kier alpha value is -0.340. The zero-order chi connectivity index (χ0) is 9.14. The predicted octanol–water partition coefficient (Wildman–Crippen LogP) is 1.47. The van der Waals surface area contributed by atoms with Crippen molar-refractivity contribution >= 4 is 0 Å². The molecule has 1 aliphatic rings. The van der Waals surface area contributed by atoms with Crippen LogP contribution in [0.4, 0.5) is 0 Å². The van der Waals surface area contributed by atoms with E-state index < -0.39 is 0 Å². The standard InChI is InChI=1S/C10H18O2/c1-7-5-9(6-8(2)11)3-4-10(7)12/h3,7-8,10-12H,4-6H2,1-2H3/t7-,8-,10+/m1/s1. The Balaban J connectivity index is 2.46. The van der Waals surface area contributed by atoms with Crippen LogP contribution in [0, 0.1) is 5.92 Å². The largest absolute Gasteiger partial charge is 0.393 e. The van der Waals surface area contributed by atoms with Gasteiger partial charge in [-0.3, -0.25) is 0 Å². The third-order valence-electron chi connectivity index (χ3n) is 2.45. The molecule has 0 fully saturated rings. The number of aliphatic hydroxyl groups is 2. The second-order valence-corrected chi connectivity index (χ2v) is 3.90. The van der Waals surface area contributed by atoms with Crippen molar-refractivity contribution in [3.63, 3.8) is 0 Å². The molecule has 12 heavy (non-hydrogen) atoms. The lowest BCUT2D eigenvalue weighted by atomic mass is 9.86. The third kappa shape index (κ3) is 2.61. The van der Waals surface area contributed by atoms with E-state index in [0.717, 1.165) is 19.3 Å². The van der Waals surface area contributed by atoms with Crippen LogP contribution in [0.15, 0.2) is 11.6 Å². The lowest BCUT2D eigenvalue weighted by Crippen LogP contribution is -2.22. The van der Waals surface area contributed by atoms with Gasteiger partial charge in [0, 0.05) is 0 Å². The highest BCUT2D eigenvalue weighted by Gasteiger charge is 2.19. The molecule has 2 heteroatoms. The van der Waals surface area contributed by atoms with Crippen molar-refractivity contribution < 1.29 is 10.2 Å². The zero-order valence-corrected chi connectivity index (χ0v) is 7.83. The molecule has 0 radical (unpaired) electrons. The molecule has 2 nitrogen and oxygen atoms in total. The van der Waals surface area contributed by atoms with Crippen LogP contribution in [-0.4, -0.2) is 22.4 Å². The van der Waals surface area contributed by atoms with Crippen molar-refractivity contribution in [2.24, 2.45) is 5.92 Å². The molecule has 0 aromatic carbocycles. The fraction of sp³-hybridized carbons (Fsp3) is 0.800. The first kappa shape index (κ1) is 9.75. The van der Waals surface area contributed by atoms with Gasteiger partial charge in [-0.05, 0) is 32.1 Å². The summed E-state index contributed by atoms with van der Waals surface area (Å²) in [6.07, 6.45) is 4.09. The summed E-state index contributed by atoms with van der Waals surface area (Å²) in [5, 5.41) is 18.6. The van der Waals surface area contributed by atoms with Crippen molar-refractivity contribution in [3.8, 4) is 0 Å². The lowest BCUT2D eigenvalue weighted by molar-refractivity contribution is 0.109. The molecule has 0 heterocycles. The topological polar surface area (TPSA) is 40.5 Å². The number of aliphatic hydroxyl groups excluding tert-OH is 2. The van der Waals surface area contributed by atoms with Gasteiger partial charge in [-0.15, -0.1) is 0 Å². The van der Waals surface area contributed by atoms with Crippen LogP contribution in [0.3, 0.4) is 0 Å². The maximum atomic E-state index is 9.42. The SMILES string of the molecule is C[C@@H]1CC(C[C@@H](C)O)=CC[C@@H]1O. The van der Waals surface area contributed by atoms with Gasteiger partial charge in [0.05, 0.1) is 12.2 Å². The summed E-state index contributed by atoms with van der Waals surface area (Å²) in [5.74, 6) is 0.351. The molecule has 1 aliphatic carbocycles. The van der Waals surface area contributed by atoms with Crippen LogP contribution in [0.2, 0.25) is 0 Å². The molecule has 0 bridgehead atoms. The molecule has 0 aromatic rings. The first-order chi connectivity index (χ1) is 5.59. The van der Waals surface area contributed by atoms with Gasteiger partial charge < -0.3 is 10.2 Å².